The van der Waals surface area contributed by atoms with Crippen molar-refractivity contribution < 1.29 is 37.6 Å². The zero-order valence-electron chi connectivity index (χ0n) is 38.6. The van der Waals surface area contributed by atoms with Gasteiger partial charge in [-0.2, -0.15) is 0 Å². The minimum atomic E-state index is -4.37. The summed E-state index contributed by atoms with van der Waals surface area (Å²) in [5.41, 5.74) is 5.34. The molecule has 59 heavy (non-hydrogen) atoms. The van der Waals surface area contributed by atoms with Crippen molar-refractivity contribution in [2.24, 2.45) is 5.73 Å². The highest BCUT2D eigenvalue weighted by Gasteiger charge is 2.26. The number of hydrogen-bond donors (Lipinski definition) is 3. The van der Waals surface area contributed by atoms with Gasteiger partial charge in [0.25, 0.3) is 0 Å². The average Bonchev–Trinajstić information content (AvgIpc) is 3.21. The molecule has 2 unspecified atom stereocenters. The zero-order valence-corrected chi connectivity index (χ0v) is 41.2. The Morgan fingerprint density at radius 3 is 1.22 bits per heavy atom. The fourth-order valence-corrected chi connectivity index (χ4v) is 8.08. The van der Waals surface area contributed by atoms with Crippen LogP contribution in [0.2, 0.25) is 0 Å². The van der Waals surface area contributed by atoms with Crippen molar-refractivity contribution in [2.75, 3.05) is 39.5 Å². The van der Waals surface area contributed by atoms with E-state index < -0.39 is 26.5 Å². The van der Waals surface area contributed by atoms with Crippen molar-refractivity contribution >= 4 is 48.9 Å². The maximum Gasteiger partial charge on any atom is 0.472 e. The molecule has 0 aromatic carbocycles. The maximum atomic E-state index is 12.6. The van der Waals surface area contributed by atoms with E-state index in [9.17, 15) is 19.0 Å². The van der Waals surface area contributed by atoms with E-state index in [1.54, 1.807) is 0 Å². The molecule has 13 heteroatoms. The predicted molar refractivity (Wildman–Crippen MR) is 255 cm³/mol. The number of carbonyl (C=O) groups excluding carboxylic acids is 2. The van der Waals surface area contributed by atoms with Crippen LogP contribution in [0, 0.1) is 0 Å². The Labute approximate surface area is 374 Å². The highest BCUT2D eigenvalue weighted by Crippen LogP contribution is 2.43. The summed E-state index contributed by atoms with van der Waals surface area (Å²) in [4.78, 5) is 36.8. The molecular weight excluding hydrogens is 804 g/mol. The quantitative estimate of drug-likeness (QED) is 0.0177. The molecule has 0 radical (unpaired) electrons. The second-order valence-corrected chi connectivity index (χ2v) is 18.6. The number of hydrogen-bond acceptors (Lipinski definition) is 9. The number of phosphoric acid groups is 1. The van der Waals surface area contributed by atoms with E-state index >= 15 is 0 Å². The fourth-order valence-electron chi connectivity index (χ4n) is 6.78. The van der Waals surface area contributed by atoms with Gasteiger partial charge in [-0.25, -0.2) is 4.57 Å². The number of nitrogens with zero attached hydrogens (tertiary/aromatic N) is 1. The first kappa shape index (κ1) is 60.3. The Balaban J connectivity index is 0. The number of thiocarbonyl (C=S) groups is 1. The van der Waals surface area contributed by atoms with Crippen LogP contribution >= 0.6 is 32.7 Å². The van der Waals surface area contributed by atoms with E-state index in [1.165, 1.54) is 154 Å². The number of unbranched alkanes of at least 4 members (excludes halogenated alkanes) is 28. The molecule has 352 valence electrons. The molecule has 10 nitrogen and oxygen atoms in total. The molecule has 3 N–H and O–H groups in total. The van der Waals surface area contributed by atoms with Gasteiger partial charge in [0.05, 0.1) is 13.2 Å². The van der Waals surface area contributed by atoms with E-state index in [4.69, 9.17) is 36.5 Å². The molecule has 0 aromatic rings. The maximum absolute atomic E-state index is 12.6. The van der Waals surface area contributed by atoms with Crippen LogP contribution in [0.15, 0.2) is 0 Å². The number of ether oxygens (including phenoxy) is 2. The lowest BCUT2D eigenvalue weighted by atomic mass is 10.0. The molecule has 0 aliphatic heterocycles. The standard InChI is InChI=1S/C41H82NO8P.C5H11NS2/c1-3-5-7-9-11-13-15-17-19-21-23-25-27-29-31-33-40(43)47-37-39(38-49-51(45,46)48-36-35-42)50-41(44)34-32-30-28-26-24-22-20-18-16-14-12-10-8-6-4-2;1-3-6(4-2)5(7)8/h39H,3-38,42H2,1-2H3,(H,45,46);3-4H2,1-2H3,(H,7,8). The molecule has 0 aliphatic carbocycles. The van der Waals surface area contributed by atoms with Crippen LogP contribution in [0.3, 0.4) is 0 Å². The third-order valence-electron chi connectivity index (χ3n) is 10.5. The normalized spacial score (nSPS) is 12.7. The third kappa shape index (κ3) is 46.6. The summed E-state index contributed by atoms with van der Waals surface area (Å²) >= 11 is 8.82. The monoisotopic (exact) mass is 897 g/mol. The second kappa shape index (κ2) is 46.7. The fraction of sp³-hybridized carbons (Fsp3) is 0.935. The van der Waals surface area contributed by atoms with E-state index in [0.717, 1.165) is 45.2 Å². The molecule has 0 saturated carbocycles. The summed E-state index contributed by atoms with van der Waals surface area (Å²) < 4.78 is 33.5. The van der Waals surface area contributed by atoms with Gasteiger partial charge in [0.15, 0.2) is 6.10 Å². The predicted octanol–water partition coefficient (Wildman–Crippen LogP) is 13.6. The smallest absolute Gasteiger partial charge is 0.462 e. The van der Waals surface area contributed by atoms with E-state index in [0.29, 0.717) is 10.7 Å². The first-order valence-electron chi connectivity index (χ1n) is 24.2. The Kier molecular flexibility index (Phi) is 47.8. The lowest BCUT2D eigenvalue weighted by Crippen LogP contribution is -2.29. The zero-order chi connectivity index (χ0) is 44.1. The number of thiol groups is 1. The second-order valence-electron chi connectivity index (χ2n) is 16.0. The van der Waals surface area contributed by atoms with Crippen molar-refractivity contribution in [3.63, 3.8) is 0 Å². The van der Waals surface area contributed by atoms with Crippen molar-refractivity contribution in [3.8, 4) is 0 Å². The Hall–Kier alpha value is -0.750. The van der Waals surface area contributed by atoms with Gasteiger partial charge < -0.3 is 25.0 Å². The number of esters is 2. The van der Waals surface area contributed by atoms with E-state index in [1.807, 2.05) is 4.90 Å². The molecule has 0 spiro atoms. The minimum absolute atomic E-state index is 0.0580. The van der Waals surface area contributed by atoms with Gasteiger partial charge in [-0.15, -0.1) is 12.6 Å². The summed E-state index contributed by atoms with van der Waals surface area (Å²) in [6.45, 7) is 9.81. The van der Waals surface area contributed by atoms with E-state index in [2.05, 4.69) is 40.3 Å². The molecule has 0 bridgehead atoms. The minimum Gasteiger partial charge on any atom is -0.462 e. The van der Waals surface area contributed by atoms with Gasteiger partial charge >= 0.3 is 19.8 Å². The SMILES string of the molecule is CCCCCCCCCCCCCCCCCC(=O)OCC(COP(=O)(O)OCCN)OC(=O)CCCCCCCCCCCCCCCCC.CCN(CC)C(=S)S. The molecule has 0 aromatic heterocycles. The highest BCUT2D eigenvalue weighted by molar-refractivity contribution is 8.10. The molecule has 0 fully saturated rings. The van der Waals surface area contributed by atoms with Gasteiger partial charge in [0.1, 0.15) is 10.9 Å². The van der Waals surface area contributed by atoms with Crippen LogP contribution in [0.1, 0.15) is 233 Å². The first-order chi connectivity index (χ1) is 28.6. The van der Waals surface area contributed by atoms with Crippen LogP contribution in [0.25, 0.3) is 0 Å². The van der Waals surface area contributed by atoms with Gasteiger partial charge in [0.2, 0.25) is 0 Å². The largest absolute Gasteiger partial charge is 0.472 e. The molecule has 0 aliphatic rings. The summed E-state index contributed by atoms with van der Waals surface area (Å²) in [6.07, 6.45) is 37.0. The van der Waals surface area contributed by atoms with Crippen molar-refractivity contribution in [1.82, 2.24) is 4.90 Å². The molecule has 0 rings (SSSR count). The van der Waals surface area contributed by atoms with Crippen LogP contribution in [-0.2, 0) is 32.7 Å². The van der Waals surface area contributed by atoms with Crippen molar-refractivity contribution in [3.05, 3.63) is 0 Å². The molecular formula is C46H93N2O8PS2. The summed E-state index contributed by atoms with van der Waals surface area (Å²) in [6, 6.07) is 0. The lowest BCUT2D eigenvalue weighted by molar-refractivity contribution is -0.161. The van der Waals surface area contributed by atoms with Crippen LogP contribution in [0.5, 0.6) is 0 Å². The summed E-state index contributed by atoms with van der Waals surface area (Å²) in [5, 5.41) is 0. The molecule has 0 heterocycles. The van der Waals surface area contributed by atoms with Crippen molar-refractivity contribution in [2.45, 2.75) is 239 Å². The Morgan fingerprint density at radius 2 is 0.915 bits per heavy atom. The summed E-state index contributed by atoms with van der Waals surface area (Å²) in [5.74, 6) is -0.813. The highest BCUT2D eigenvalue weighted by atomic mass is 32.1. The number of phosphoric ester groups is 1. The van der Waals surface area contributed by atoms with Crippen molar-refractivity contribution in [1.29, 1.82) is 0 Å². The van der Waals surface area contributed by atoms with Crippen LogP contribution < -0.4 is 5.73 Å². The van der Waals surface area contributed by atoms with Gasteiger partial charge in [0, 0.05) is 32.5 Å². The first-order valence-corrected chi connectivity index (χ1v) is 26.6. The Bertz CT molecular complexity index is 993. The number of carbonyl (C=O) groups is 2. The molecule has 2 atom stereocenters. The van der Waals surface area contributed by atoms with E-state index in [-0.39, 0.29) is 38.6 Å². The van der Waals surface area contributed by atoms with Gasteiger partial charge in [-0.05, 0) is 26.7 Å². The Morgan fingerprint density at radius 1 is 0.576 bits per heavy atom. The van der Waals surface area contributed by atoms with Gasteiger partial charge in [-0.3, -0.25) is 18.6 Å². The lowest BCUT2D eigenvalue weighted by Gasteiger charge is -2.19. The summed E-state index contributed by atoms with van der Waals surface area (Å²) in [7, 11) is -4.37. The molecule has 0 amide bonds. The van der Waals surface area contributed by atoms with Gasteiger partial charge in [-0.1, -0.05) is 206 Å². The number of rotatable bonds is 43. The van der Waals surface area contributed by atoms with Crippen LogP contribution in [0.4, 0.5) is 0 Å². The van der Waals surface area contributed by atoms with Crippen LogP contribution in [-0.4, -0.2) is 71.6 Å². The molecule has 0 saturated heterocycles. The third-order valence-corrected chi connectivity index (χ3v) is 12.1. The topological polar surface area (TPSA) is 138 Å². The number of nitrogens with two attached hydrogens (primary N) is 1. The average molecular weight is 897 g/mol.